The summed E-state index contributed by atoms with van der Waals surface area (Å²) in [6, 6.07) is 4.70. The fourth-order valence-electron chi connectivity index (χ4n) is 2.54. The van der Waals surface area contributed by atoms with Crippen LogP contribution in [0.4, 0.5) is 5.69 Å². The minimum Gasteiger partial charge on any atom is -0.333 e. The van der Waals surface area contributed by atoms with E-state index >= 15 is 0 Å². The van der Waals surface area contributed by atoms with Crippen molar-refractivity contribution in [3.05, 3.63) is 38.9 Å². The maximum atomic E-state index is 10.8. The molecule has 0 bridgehead atoms. The lowest BCUT2D eigenvalue weighted by molar-refractivity contribution is -0.938. The zero-order valence-electron chi connectivity index (χ0n) is 11.1. The molecule has 0 saturated carbocycles. The molecule has 6 heteroatoms. The van der Waals surface area contributed by atoms with Crippen molar-refractivity contribution in [2.45, 2.75) is 13.0 Å². The van der Waals surface area contributed by atoms with Crippen LogP contribution in [0.3, 0.4) is 0 Å². The molecule has 1 aromatic rings. The number of nitrogens with zero attached hydrogens (tertiary/aromatic N) is 1. The van der Waals surface area contributed by atoms with Crippen LogP contribution < -0.4 is 9.80 Å². The maximum Gasteiger partial charge on any atom is 0.270 e. The van der Waals surface area contributed by atoms with Gasteiger partial charge in [-0.3, -0.25) is 10.1 Å². The highest BCUT2D eigenvalue weighted by molar-refractivity contribution is 6.31. The van der Waals surface area contributed by atoms with Crippen molar-refractivity contribution in [1.29, 1.82) is 0 Å². The predicted molar refractivity (Wildman–Crippen MR) is 73.7 cm³/mol. The number of non-ortho nitro benzene ring substituents is 1. The second kappa shape index (κ2) is 6.32. The van der Waals surface area contributed by atoms with Crippen LogP contribution >= 0.6 is 11.6 Å². The van der Waals surface area contributed by atoms with Gasteiger partial charge in [0.2, 0.25) is 0 Å². The molecule has 2 rings (SSSR count). The van der Waals surface area contributed by atoms with E-state index in [1.54, 1.807) is 17.0 Å². The highest BCUT2D eigenvalue weighted by Gasteiger charge is 2.20. The minimum atomic E-state index is -0.366. The van der Waals surface area contributed by atoms with Gasteiger partial charge in [0.25, 0.3) is 5.69 Å². The molecule has 1 aromatic carbocycles. The first kappa shape index (κ1) is 14.2. The Morgan fingerprint density at radius 1 is 1.32 bits per heavy atom. The number of benzene rings is 1. The first-order chi connectivity index (χ1) is 9.06. The van der Waals surface area contributed by atoms with E-state index in [0.717, 1.165) is 31.7 Å². The number of quaternary nitrogens is 2. The van der Waals surface area contributed by atoms with Gasteiger partial charge in [-0.25, -0.2) is 0 Å². The van der Waals surface area contributed by atoms with Gasteiger partial charge in [-0.05, 0) is 6.07 Å². The van der Waals surface area contributed by atoms with Gasteiger partial charge in [0.05, 0.1) is 25.1 Å². The van der Waals surface area contributed by atoms with Crippen molar-refractivity contribution in [1.82, 2.24) is 0 Å². The van der Waals surface area contributed by atoms with Crippen LogP contribution in [0.2, 0.25) is 5.02 Å². The third kappa shape index (κ3) is 3.89. The molecule has 19 heavy (non-hydrogen) atoms. The molecular weight excluding hydrogens is 266 g/mol. The van der Waals surface area contributed by atoms with Crippen molar-refractivity contribution in [2.75, 3.05) is 33.2 Å². The number of nitro benzene ring substituents is 1. The largest absolute Gasteiger partial charge is 0.333 e. The molecule has 2 unspecified atom stereocenters. The zero-order chi connectivity index (χ0) is 13.8. The lowest BCUT2D eigenvalue weighted by atomic mass is 10.2. The first-order valence-electron chi connectivity index (χ1n) is 6.64. The second-order valence-corrected chi connectivity index (χ2v) is 5.68. The van der Waals surface area contributed by atoms with Crippen LogP contribution in [0, 0.1) is 10.1 Å². The van der Waals surface area contributed by atoms with E-state index in [2.05, 4.69) is 7.05 Å². The summed E-state index contributed by atoms with van der Waals surface area (Å²) in [5.41, 5.74) is 1.00. The number of hydrogen-bond acceptors (Lipinski definition) is 2. The number of likely N-dealkylation sites (N-methyl/N-ethyl adjacent to an activating group) is 1. The van der Waals surface area contributed by atoms with Crippen molar-refractivity contribution < 1.29 is 14.7 Å². The number of halogens is 1. The molecule has 0 aliphatic carbocycles. The monoisotopic (exact) mass is 285 g/mol. The average molecular weight is 286 g/mol. The van der Waals surface area contributed by atoms with Crippen molar-refractivity contribution in [2.24, 2.45) is 0 Å². The van der Waals surface area contributed by atoms with E-state index in [9.17, 15) is 10.1 Å². The predicted octanol–water partition coefficient (Wildman–Crippen LogP) is -0.448. The summed E-state index contributed by atoms with van der Waals surface area (Å²) >= 11 is 6.15. The summed E-state index contributed by atoms with van der Waals surface area (Å²) in [4.78, 5) is 13.5. The van der Waals surface area contributed by atoms with Crippen LogP contribution in [0.5, 0.6) is 0 Å². The highest BCUT2D eigenvalue weighted by Crippen LogP contribution is 2.21. The maximum absolute atomic E-state index is 10.8. The summed E-state index contributed by atoms with van der Waals surface area (Å²) in [6.45, 7) is 5.31. The molecule has 1 aliphatic heterocycles. The molecular formula is C13H20ClN3O2+2. The fraction of sp³-hybridized carbons (Fsp3) is 0.538. The van der Waals surface area contributed by atoms with Gasteiger partial charge in [0.1, 0.15) is 19.6 Å². The Hall–Kier alpha value is -1.17. The first-order valence-corrected chi connectivity index (χ1v) is 7.02. The molecule has 1 heterocycles. The zero-order valence-corrected chi connectivity index (χ0v) is 11.9. The number of hydrogen-bond donors (Lipinski definition) is 2. The highest BCUT2D eigenvalue weighted by atomic mass is 35.5. The molecule has 2 atom stereocenters. The van der Waals surface area contributed by atoms with Crippen LogP contribution in [0.25, 0.3) is 0 Å². The number of nitrogens with one attached hydrogen (secondary N) is 2. The third-order valence-electron chi connectivity index (χ3n) is 3.72. The van der Waals surface area contributed by atoms with Gasteiger partial charge in [-0.15, -0.1) is 0 Å². The summed E-state index contributed by atoms with van der Waals surface area (Å²) in [5.74, 6) is 0. The molecule has 1 aliphatic rings. The van der Waals surface area contributed by atoms with Gasteiger partial charge in [-0.2, -0.15) is 0 Å². The van der Waals surface area contributed by atoms with E-state index < -0.39 is 0 Å². The quantitative estimate of drug-likeness (QED) is 0.584. The van der Waals surface area contributed by atoms with Gasteiger partial charge in [0, 0.05) is 29.1 Å². The Kier molecular flexibility index (Phi) is 4.74. The van der Waals surface area contributed by atoms with E-state index in [1.165, 1.54) is 23.9 Å². The Labute approximate surface area is 117 Å². The van der Waals surface area contributed by atoms with Crippen LogP contribution in [0.1, 0.15) is 12.0 Å². The molecule has 5 nitrogen and oxygen atoms in total. The molecule has 0 aromatic heterocycles. The van der Waals surface area contributed by atoms with Gasteiger partial charge in [-0.1, -0.05) is 11.6 Å². The van der Waals surface area contributed by atoms with Crippen LogP contribution in [0.15, 0.2) is 18.2 Å². The Morgan fingerprint density at radius 3 is 2.84 bits per heavy atom. The molecule has 1 fully saturated rings. The molecule has 0 spiro atoms. The van der Waals surface area contributed by atoms with Crippen LogP contribution in [-0.4, -0.2) is 38.2 Å². The van der Waals surface area contributed by atoms with Gasteiger partial charge in [0.15, 0.2) is 0 Å². The van der Waals surface area contributed by atoms with E-state index in [1.807, 2.05) is 0 Å². The van der Waals surface area contributed by atoms with Crippen molar-refractivity contribution >= 4 is 17.3 Å². The standard InChI is InChI=1S/C13H18ClN3O2/c1-15-5-2-6-16(8-7-15)10-11-9-12(17(18)19)3-4-13(11)14/h3-4,9H,2,5-8,10H2,1H3/p+2. The molecule has 1 saturated heterocycles. The summed E-state index contributed by atoms with van der Waals surface area (Å²) in [6.07, 6.45) is 1.19. The van der Waals surface area contributed by atoms with Crippen LogP contribution in [-0.2, 0) is 6.54 Å². The van der Waals surface area contributed by atoms with Crippen molar-refractivity contribution in [3.8, 4) is 0 Å². The molecule has 104 valence electrons. The SMILES string of the molecule is C[NH+]1CCC[NH+](Cc2cc([N+](=O)[O-])ccc2Cl)CC1. The molecule has 2 N–H and O–H groups in total. The van der Waals surface area contributed by atoms with E-state index in [-0.39, 0.29) is 10.6 Å². The summed E-state index contributed by atoms with van der Waals surface area (Å²) < 4.78 is 0. The fourth-order valence-corrected chi connectivity index (χ4v) is 2.72. The molecule has 0 radical (unpaired) electrons. The second-order valence-electron chi connectivity index (χ2n) is 5.27. The third-order valence-corrected chi connectivity index (χ3v) is 4.09. The van der Waals surface area contributed by atoms with E-state index in [0.29, 0.717) is 5.02 Å². The lowest BCUT2D eigenvalue weighted by Gasteiger charge is -2.16. The van der Waals surface area contributed by atoms with Crippen molar-refractivity contribution in [3.63, 3.8) is 0 Å². The normalized spacial score (nSPS) is 23.9. The van der Waals surface area contributed by atoms with Gasteiger partial charge >= 0.3 is 0 Å². The smallest absolute Gasteiger partial charge is 0.270 e. The Morgan fingerprint density at radius 2 is 2.11 bits per heavy atom. The topological polar surface area (TPSA) is 52.0 Å². The van der Waals surface area contributed by atoms with Gasteiger partial charge < -0.3 is 9.80 Å². The average Bonchev–Trinajstić information content (AvgIpc) is 2.57. The Balaban J connectivity index is 2.09. The molecule has 0 amide bonds. The lowest BCUT2D eigenvalue weighted by Crippen LogP contribution is -3.15. The number of rotatable bonds is 3. The Bertz CT molecular complexity index is 467. The van der Waals surface area contributed by atoms with E-state index in [4.69, 9.17) is 11.6 Å². The summed E-state index contributed by atoms with van der Waals surface area (Å²) in [5, 5.41) is 11.4. The summed E-state index contributed by atoms with van der Waals surface area (Å²) in [7, 11) is 2.21. The number of nitro groups is 1. The minimum absolute atomic E-state index is 0.122.